The number of hydrogen-bond acceptors (Lipinski definition) is 5. The van der Waals surface area contributed by atoms with Gasteiger partial charge in [0.1, 0.15) is 0 Å². The van der Waals surface area contributed by atoms with Crippen LogP contribution in [0.5, 0.6) is 6.01 Å². The zero-order chi connectivity index (χ0) is 17.8. The van der Waals surface area contributed by atoms with Crippen molar-refractivity contribution in [1.82, 2.24) is 9.97 Å². The number of rotatable bonds is 5. The predicted octanol–water partition coefficient (Wildman–Crippen LogP) is 2.18. The first kappa shape index (κ1) is 16.9. The predicted molar refractivity (Wildman–Crippen MR) is 93.5 cm³/mol. The Balaban J connectivity index is 1.63. The van der Waals surface area contributed by atoms with Crippen LogP contribution in [0.3, 0.4) is 0 Å². The van der Waals surface area contributed by atoms with Crippen molar-refractivity contribution in [2.24, 2.45) is 5.92 Å². The fraction of sp³-hybridized carbons (Fsp3) is 0.333. The van der Waals surface area contributed by atoms with Crippen molar-refractivity contribution >= 4 is 23.2 Å². The molecule has 1 aliphatic rings. The van der Waals surface area contributed by atoms with E-state index in [4.69, 9.17) is 4.74 Å². The minimum atomic E-state index is -0.402. The number of aromatic nitrogens is 2. The molecule has 25 heavy (non-hydrogen) atoms. The molecule has 7 heteroatoms. The van der Waals surface area contributed by atoms with Crippen LogP contribution in [-0.2, 0) is 9.59 Å². The van der Waals surface area contributed by atoms with Gasteiger partial charge in [-0.05, 0) is 26.0 Å². The lowest BCUT2D eigenvalue weighted by molar-refractivity contribution is -0.122. The van der Waals surface area contributed by atoms with Gasteiger partial charge in [-0.25, -0.2) is 9.97 Å². The van der Waals surface area contributed by atoms with Crippen molar-refractivity contribution in [2.75, 3.05) is 23.4 Å². The van der Waals surface area contributed by atoms with E-state index in [9.17, 15) is 9.59 Å². The third kappa shape index (κ3) is 3.93. The van der Waals surface area contributed by atoms with Crippen LogP contribution in [0.1, 0.15) is 18.9 Å². The van der Waals surface area contributed by atoms with Gasteiger partial charge in [0.25, 0.3) is 0 Å². The van der Waals surface area contributed by atoms with E-state index in [1.54, 1.807) is 4.90 Å². The third-order valence-corrected chi connectivity index (χ3v) is 4.01. The molecular weight excluding hydrogens is 320 g/mol. The number of amides is 2. The molecular formula is C18H20N4O3. The Morgan fingerprint density at radius 1 is 1.28 bits per heavy atom. The standard InChI is InChI=1S/C18H20N4O3/c1-3-25-18-19-9-14(10-20-18)21-17(24)13-8-16(23)22(11-13)15-6-4-12(2)5-7-15/h4-7,9-10,13H,3,8,11H2,1-2H3,(H,21,24). The second-order valence-electron chi connectivity index (χ2n) is 5.92. The Morgan fingerprint density at radius 3 is 2.60 bits per heavy atom. The van der Waals surface area contributed by atoms with Crippen molar-refractivity contribution < 1.29 is 14.3 Å². The number of nitrogens with one attached hydrogen (secondary N) is 1. The molecule has 7 nitrogen and oxygen atoms in total. The second kappa shape index (κ2) is 7.29. The summed E-state index contributed by atoms with van der Waals surface area (Å²) >= 11 is 0. The highest BCUT2D eigenvalue weighted by Crippen LogP contribution is 2.26. The first-order valence-electron chi connectivity index (χ1n) is 8.19. The number of carbonyl (C=O) groups is 2. The van der Waals surface area contributed by atoms with E-state index >= 15 is 0 Å². The Kier molecular flexibility index (Phi) is 4.92. The molecule has 1 atom stereocenters. The lowest BCUT2D eigenvalue weighted by atomic mass is 10.1. The molecule has 1 aromatic carbocycles. The van der Waals surface area contributed by atoms with Crippen molar-refractivity contribution in [2.45, 2.75) is 20.3 Å². The Morgan fingerprint density at radius 2 is 1.96 bits per heavy atom. The monoisotopic (exact) mass is 340 g/mol. The van der Waals surface area contributed by atoms with Crippen molar-refractivity contribution in [3.05, 3.63) is 42.2 Å². The zero-order valence-electron chi connectivity index (χ0n) is 14.2. The molecule has 130 valence electrons. The molecule has 0 bridgehead atoms. The van der Waals surface area contributed by atoms with Gasteiger partial charge in [-0.2, -0.15) is 0 Å². The van der Waals surface area contributed by atoms with Gasteiger partial charge < -0.3 is 15.0 Å². The number of ether oxygens (including phenoxy) is 1. The molecule has 0 saturated carbocycles. The number of carbonyl (C=O) groups excluding carboxylic acids is 2. The molecule has 0 aliphatic carbocycles. The van der Waals surface area contributed by atoms with Crippen molar-refractivity contribution in [1.29, 1.82) is 0 Å². The summed E-state index contributed by atoms with van der Waals surface area (Å²) in [5.41, 5.74) is 2.42. The normalized spacial score (nSPS) is 16.8. The topological polar surface area (TPSA) is 84.4 Å². The Bertz CT molecular complexity index is 759. The van der Waals surface area contributed by atoms with E-state index < -0.39 is 5.92 Å². The zero-order valence-corrected chi connectivity index (χ0v) is 14.2. The van der Waals surface area contributed by atoms with Crippen LogP contribution in [0.4, 0.5) is 11.4 Å². The minimum absolute atomic E-state index is 0.0491. The number of aryl methyl sites for hydroxylation is 1. The van der Waals surface area contributed by atoms with E-state index in [0.29, 0.717) is 18.8 Å². The molecule has 2 aromatic rings. The third-order valence-electron chi connectivity index (χ3n) is 4.01. The van der Waals surface area contributed by atoms with E-state index in [2.05, 4.69) is 15.3 Å². The quantitative estimate of drug-likeness (QED) is 0.902. The molecule has 1 saturated heterocycles. The van der Waals surface area contributed by atoms with Gasteiger partial charge in [0.2, 0.25) is 11.8 Å². The molecule has 1 aromatic heterocycles. The van der Waals surface area contributed by atoms with Crippen molar-refractivity contribution in [3.8, 4) is 6.01 Å². The first-order chi connectivity index (χ1) is 12.1. The molecule has 1 unspecified atom stereocenters. The van der Waals surface area contributed by atoms with Crippen LogP contribution in [0, 0.1) is 12.8 Å². The Hall–Kier alpha value is -2.96. The van der Waals surface area contributed by atoms with E-state index in [-0.39, 0.29) is 24.2 Å². The summed E-state index contributed by atoms with van der Waals surface area (Å²) in [5.74, 6) is -0.664. The molecule has 3 rings (SSSR count). The van der Waals surface area contributed by atoms with Gasteiger partial charge in [-0.1, -0.05) is 17.7 Å². The summed E-state index contributed by atoms with van der Waals surface area (Å²) in [6.45, 7) is 4.68. The highest BCUT2D eigenvalue weighted by molar-refractivity contribution is 6.03. The smallest absolute Gasteiger partial charge is 0.316 e. The van der Waals surface area contributed by atoms with Crippen LogP contribution in [0.15, 0.2) is 36.7 Å². The summed E-state index contributed by atoms with van der Waals surface area (Å²) < 4.78 is 5.16. The Labute approximate surface area is 146 Å². The van der Waals surface area contributed by atoms with Crippen LogP contribution in [0.2, 0.25) is 0 Å². The number of benzene rings is 1. The lowest BCUT2D eigenvalue weighted by Gasteiger charge is -2.17. The maximum Gasteiger partial charge on any atom is 0.316 e. The minimum Gasteiger partial charge on any atom is -0.464 e. The summed E-state index contributed by atoms with van der Waals surface area (Å²) in [6.07, 6.45) is 3.17. The van der Waals surface area contributed by atoms with Gasteiger partial charge in [-0.15, -0.1) is 0 Å². The van der Waals surface area contributed by atoms with Gasteiger partial charge >= 0.3 is 6.01 Å². The van der Waals surface area contributed by atoms with Crippen LogP contribution in [-0.4, -0.2) is 34.9 Å². The molecule has 0 radical (unpaired) electrons. The molecule has 2 heterocycles. The molecule has 1 aliphatic heterocycles. The average Bonchev–Trinajstić information content (AvgIpc) is 3.00. The van der Waals surface area contributed by atoms with Crippen molar-refractivity contribution in [3.63, 3.8) is 0 Å². The van der Waals surface area contributed by atoms with Crippen LogP contribution in [0.25, 0.3) is 0 Å². The summed E-state index contributed by atoms with van der Waals surface area (Å²) in [6, 6.07) is 7.96. The first-order valence-corrected chi connectivity index (χ1v) is 8.19. The fourth-order valence-electron chi connectivity index (χ4n) is 2.69. The highest BCUT2D eigenvalue weighted by atomic mass is 16.5. The van der Waals surface area contributed by atoms with Gasteiger partial charge in [-0.3, -0.25) is 9.59 Å². The van der Waals surface area contributed by atoms with E-state index in [1.807, 2.05) is 38.1 Å². The maximum atomic E-state index is 12.4. The number of hydrogen-bond donors (Lipinski definition) is 1. The second-order valence-corrected chi connectivity index (χ2v) is 5.92. The fourth-order valence-corrected chi connectivity index (χ4v) is 2.69. The maximum absolute atomic E-state index is 12.4. The molecule has 0 spiro atoms. The van der Waals surface area contributed by atoms with Gasteiger partial charge in [0, 0.05) is 18.7 Å². The average molecular weight is 340 g/mol. The summed E-state index contributed by atoms with van der Waals surface area (Å²) in [7, 11) is 0. The summed E-state index contributed by atoms with van der Waals surface area (Å²) in [4.78, 5) is 34.3. The van der Waals surface area contributed by atoms with Gasteiger partial charge in [0.15, 0.2) is 0 Å². The van der Waals surface area contributed by atoms with E-state index in [0.717, 1.165) is 11.3 Å². The largest absolute Gasteiger partial charge is 0.464 e. The highest BCUT2D eigenvalue weighted by Gasteiger charge is 2.35. The van der Waals surface area contributed by atoms with Gasteiger partial charge in [0.05, 0.1) is 30.6 Å². The number of nitrogens with zero attached hydrogens (tertiary/aromatic N) is 3. The molecule has 2 amide bonds. The van der Waals surface area contributed by atoms with E-state index in [1.165, 1.54) is 12.4 Å². The van der Waals surface area contributed by atoms with Crippen LogP contribution < -0.4 is 15.0 Å². The molecule has 1 fully saturated rings. The van der Waals surface area contributed by atoms with Crippen LogP contribution >= 0.6 is 0 Å². The number of anilines is 2. The molecule has 1 N–H and O–H groups in total. The lowest BCUT2D eigenvalue weighted by Crippen LogP contribution is -2.28. The summed E-state index contributed by atoms with van der Waals surface area (Å²) in [5, 5.41) is 2.76. The SMILES string of the molecule is CCOc1ncc(NC(=O)C2CC(=O)N(c3ccc(C)cc3)C2)cn1.